The zero-order valence-electron chi connectivity index (χ0n) is 8.66. The molecule has 0 fully saturated rings. The second kappa shape index (κ2) is 3.96. The molecule has 5 heteroatoms. The summed E-state index contributed by atoms with van der Waals surface area (Å²) in [5, 5.41) is 0. The Labute approximate surface area is 90.8 Å². The Balaban J connectivity index is 2.11. The van der Waals surface area contributed by atoms with E-state index in [1.165, 1.54) is 0 Å². The number of Topliss-reactive ketones (excluding diaryl/α,β-unsaturated/α-hetero) is 1. The van der Waals surface area contributed by atoms with Crippen LogP contribution >= 0.6 is 0 Å². The van der Waals surface area contributed by atoms with Gasteiger partial charge in [0.1, 0.15) is 0 Å². The van der Waals surface area contributed by atoms with Gasteiger partial charge in [-0.05, 0) is 37.3 Å². The number of H-pyrrole nitrogens is 1. The fraction of sp³-hybridized carbons (Fsp3) is 0.545. The first-order valence-electron chi connectivity index (χ1n) is 5.26. The normalized spacial score (nSPS) is 15.9. The Kier molecular flexibility index (Phi) is 2.78. The van der Waals surface area contributed by atoms with E-state index in [9.17, 15) is 18.0 Å². The molecule has 1 aromatic heterocycles. The Morgan fingerprint density at radius 1 is 1.31 bits per heavy atom. The summed E-state index contributed by atoms with van der Waals surface area (Å²) in [6.07, 6.45) is -1.42. The second-order valence-corrected chi connectivity index (χ2v) is 4.10. The van der Waals surface area contributed by atoms with E-state index in [1.54, 1.807) is 6.07 Å². The van der Waals surface area contributed by atoms with Crippen LogP contribution in [0.2, 0.25) is 0 Å². The summed E-state index contributed by atoms with van der Waals surface area (Å²) in [5.74, 6) is -1.69. The third kappa shape index (κ3) is 2.28. The molecule has 2 rings (SSSR count). The van der Waals surface area contributed by atoms with Crippen molar-refractivity contribution in [2.24, 2.45) is 0 Å². The monoisotopic (exact) mass is 231 g/mol. The van der Waals surface area contributed by atoms with Crippen molar-refractivity contribution >= 4 is 5.78 Å². The summed E-state index contributed by atoms with van der Waals surface area (Å²) < 4.78 is 36.2. The van der Waals surface area contributed by atoms with E-state index in [-0.39, 0.29) is 0 Å². The van der Waals surface area contributed by atoms with Crippen molar-refractivity contribution < 1.29 is 18.0 Å². The number of carbonyl (C=O) groups excluding carboxylic acids is 1. The third-order valence-electron chi connectivity index (χ3n) is 2.84. The van der Waals surface area contributed by atoms with Gasteiger partial charge in [0.15, 0.2) is 0 Å². The largest absolute Gasteiger partial charge is 0.450 e. The van der Waals surface area contributed by atoms with Crippen LogP contribution < -0.4 is 0 Å². The van der Waals surface area contributed by atoms with Crippen LogP contribution in [0.3, 0.4) is 0 Å². The Morgan fingerprint density at radius 3 is 2.62 bits per heavy atom. The minimum atomic E-state index is -4.73. The summed E-state index contributed by atoms with van der Waals surface area (Å²) in [6.45, 7) is 0. The smallest absolute Gasteiger partial charge is 0.362 e. The Hall–Kier alpha value is -1.26. The van der Waals surface area contributed by atoms with Gasteiger partial charge in [-0.3, -0.25) is 4.79 Å². The Bertz CT molecular complexity index is 382. The number of aryl methyl sites for hydroxylation is 2. The van der Waals surface area contributed by atoms with Gasteiger partial charge in [0.25, 0.3) is 0 Å². The second-order valence-electron chi connectivity index (χ2n) is 4.10. The first-order valence-corrected chi connectivity index (χ1v) is 5.26. The van der Waals surface area contributed by atoms with Gasteiger partial charge in [-0.15, -0.1) is 0 Å². The molecule has 0 spiro atoms. The van der Waals surface area contributed by atoms with Crippen LogP contribution in [-0.2, 0) is 24.1 Å². The van der Waals surface area contributed by atoms with Gasteiger partial charge in [-0.25, -0.2) is 0 Å². The standard InChI is InChI=1S/C11H12F3NO/c12-11(13,14)10(16)6-8-5-7-3-1-2-4-9(7)15-8/h5,15H,1-4,6H2. The molecular formula is C11H12F3NO. The number of fused-ring (bicyclic) bond motifs is 1. The molecule has 1 aliphatic carbocycles. The number of rotatable bonds is 2. The maximum absolute atomic E-state index is 12.1. The zero-order valence-corrected chi connectivity index (χ0v) is 8.66. The lowest BCUT2D eigenvalue weighted by Crippen LogP contribution is -2.24. The average Bonchev–Trinajstić information content (AvgIpc) is 2.58. The number of nitrogens with one attached hydrogen (secondary N) is 1. The molecule has 0 aliphatic heterocycles. The lowest BCUT2D eigenvalue weighted by Gasteiger charge is -2.09. The molecule has 0 amide bonds. The molecule has 16 heavy (non-hydrogen) atoms. The molecular weight excluding hydrogens is 219 g/mol. The molecule has 88 valence electrons. The SMILES string of the molecule is O=C(Cc1cc2c([nH]1)CCCC2)C(F)(F)F. The van der Waals surface area contributed by atoms with E-state index in [0.29, 0.717) is 5.69 Å². The van der Waals surface area contributed by atoms with Gasteiger partial charge < -0.3 is 4.98 Å². The van der Waals surface area contributed by atoms with Crippen molar-refractivity contribution in [2.75, 3.05) is 0 Å². The molecule has 0 atom stereocenters. The number of hydrogen-bond acceptors (Lipinski definition) is 1. The molecule has 0 saturated heterocycles. The molecule has 0 aromatic carbocycles. The first kappa shape index (κ1) is 11.2. The van der Waals surface area contributed by atoms with Crippen LogP contribution in [0.15, 0.2) is 6.07 Å². The van der Waals surface area contributed by atoms with Gasteiger partial charge in [-0.1, -0.05) is 0 Å². The van der Waals surface area contributed by atoms with E-state index in [4.69, 9.17) is 0 Å². The number of aromatic amines is 1. The molecule has 1 aromatic rings. The number of aromatic nitrogens is 1. The number of ketones is 1. The summed E-state index contributed by atoms with van der Waals surface area (Å²) in [7, 11) is 0. The molecule has 0 radical (unpaired) electrons. The molecule has 0 saturated carbocycles. The zero-order chi connectivity index (χ0) is 11.8. The van der Waals surface area contributed by atoms with E-state index in [2.05, 4.69) is 4.98 Å². The predicted octanol–water partition coefficient (Wildman–Crippen LogP) is 2.57. The van der Waals surface area contributed by atoms with Gasteiger partial charge in [-0.2, -0.15) is 13.2 Å². The Morgan fingerprint density at radius 2 is 2.00 bits per heavy atom. The lowest BCUT2D eigenvalue weighted by atomic mass is 9.98. The van der Waals surface area contributed by atoms with Crippen LogP contribution in [0.25, 0.3) is 0 Å². The predicted molar refractivity (Wildman–Crippen MR) is 52.2 cm³/mol. The number of hydrogen-bond donors (Lipinski definition) is 1. The summed E-state index contributed by atoms with van der Waals surface area (Å²) in [6, 6.07) is 1.69. The molecule has 0 unspecified atom stereocenters. The van der Waals surface area contributed by atoms with Gasteiger partial charge in [0, 0.05) is 11.4 Å². The maximum Gasteiger partial charge on any atom is 0.450 e. The fourth-order valence-corrected chi connectivity index (χ4v) is 2.04. The highest BCUT2D eigenvalue weighted by Gasteiger charge is 2.38. The van der Waals surface area contributed by atoms with Crippen molar-refractivity contribution in [2.45, 2.75) is 38.3 Å². The quantitative estimate of drug-likeness (QED) is 0.833. The van der Waals surface area contributed by atoms with Crippen molar-refractivity contribution in [1.82, 2.24) is 4.98 Å². The number of alkyl halides is 3. The summed E-state index contributed by atoms with van der Waals surface area (Å²) in [4.78, 5) is 13.7. The van der Waals surface area contributed by atoms with E-state index in [1.807, 2.05) is 0 Å². The topological polar surface area (TPSA) is 32.9 Å². The summed E-state index contributed by atoms with van der Waals surface area (Å²) in [5.41, 5.74) is 2.45. The lowest BCUT2D eigenvalue weighted by molar-refractivity contribution is -0.170. The number of halogens is 3. The minimum absolute atomic E-state index is 0.384. The minimum Gasteiger partial charge on any atom is -0.362 e. The van der Waals surface area contributed by atoms with E-state index in [0.717, 1.165) is 36.9 Å². The van der Waals surface area contributed by atoms with Gasteiger partial charge >= 0.3 is 6.18 Å². The van der Waals surface area contributed by atoms with Crippen molar-refractivity contribution in [1.29, 1.82) is 0 Å². The first-order chi connectivity index (χ1) is 7.47. The summed E-state index contributed by atoms with van der Waals surface area (Å²) >= 11 is 0. The molecule has 1 N–H and O–H groups in total. The highest BCUT2D eigenvalue weighted by molar-refractivity contribution is 5.85. The van der Waals surface area contributed by atoms with Crippen LogP contribution in [-0.4, -0.2) is 16.9 Å². The van der Waals surface area contributed by atoms with Crippen LogP contribution in [0, 0.1) is 0 Å². The molecule has 1 aliphatic rings. The average molecular weight is 231 g/mol. The van der Waals surface area contributed by atoms with Crippen LogP contribution in [0.4, 0.5) is 13.2 Å². The highest BCUT2D eigenvalue weighted by Crippen LogP contribution is 2.24. The van der Waals surface area contributed by atoms with Crippen molar-refractivity contribution in [3.63, 3.8) is 0 Å². The van der Waals surface area contributed by atoms with Crippen LogP contribution in [0.5, 0.6) is 0 Å². The fourth-order valence-electron chi connectivity index (χ4n) is 2.04. The molecule has 0 bridgehead atoms. The van der Waals surface area contributed by atoms with E-state index < -0.39 is 18.4 Å². The number of carbonyl (C=O) groups is 1. The van der Waals surface area contributed by atoms with Crippen LogP contribution in [0.1, 0.15) is 29.8 Å². The van der Waals surface area contributed by atoms with Crippen molar-refractivity contribution in [3.8, 4) is 0 Å². The van der Waals surface area contributed by atoms with Gasteiger partial charge in [0.2, 0.25) is 5.78 Å². The maximum atomic E-state index is 12.1. The molecule has 2 nitrogen and oxygen atoms in total. The third-order valence-corrected chi connectivity index (χ3v) is 2.84. The van der Waals surface area contributed by atoms with Gasteiger partial charge in [0.05, 0.1) is 6.42 Å². The highest BCUT2D eigenvalue weighted by atomic mass is 19.4. The molecule has 1 heterocycles. The van der Waals surface area contributed by atoms with E-state index >= 15 is 0 Å². The van der Waals surface area contributed by atoms with Crippen molar-refractivity contribution in [3.05, 3.63) is 23.0 Å².